The number of likely N-dealkylation sites (N-methyl/N-ethyl adjacent to an activating group) is 1. The molecule has 0 amide bonds. The van der Waals surface area contributed by atoms with Crippen LogP contribution in [0.1, 0.15) is 32.6 Å². The van der Waals surface area contributed by atoms with E-state index >= 15 is 0 Å². The standard InChI is InChI=1S/C26H29N3O3/c1-16-7-8-21-23(11-16)32-26(20-14-27-29(15-20)10-9-28(4)5)24(21)25(30)19-12-17(2)18(3)22(13-19)31-6/h7-8,11-15H,9-10H2,1-6H3. The summed E-state index contributed by atoms with van der Waals surface area (Å²) in [6, 6.07) is 9.64. The molecule has 2 heterocycles. The molecule has 0 saturated carbocycles. The molecule has 0 atom stereocenters. The van der Waals surface area contributed by atoms with E-state index in [-0.39, 0.29) is 5.78 Å². The van der Waals surface area contributed by atoms with Gasteiger partial charge in [-0.2, -0.15) is 5.10 Å². The van der Waals surface area contributed by atoms with Crippen molar-refractivity contribution >= 4 is 16.8 Å². The molecule has 32 heavy (non-hydrogen) atoms. The Morgan fingerprint density at radius 2 is 1.94 bits per heavy atom. The van der Waals surface area contributed by atoms with Crippen molar-refractivity contribution in [3.63, 3.8) is 0 Å². The molecule has 6 heteroatoms. The Kier molecular flexibility index (Phi) is 5.89. The molecular formula is C26H29N3O3. The molecule has 0 aliphatic heterocycles. The Labute approximate surface area is 188 Å². The summed E-state index contributed by atoms with van der Waals surface area (Å²) in [5.74, 6) is 1.16. The number of ether oxygens (including phenoxy) is 1. The molecule has 0 aliphatic rings. The number of furan rings is 1. The molecule has 6 nitrogen and oxygen atoms in total. The number of hydrogen-bond acceptors (Lipinski definition) is 5. The zero-order chi connectivity index (χ0) is 23.0. The predicted octanol–water partition coefficient (Wildman–Crippen LogP) is 5.02. The number of fused-ring (bicyclic) bond motifs is 1. The van der Waals surface area contributed by atoms with Crippen LogP contribution in [0.4, 0.5) is 0 Å². The van der Waals surface area contributed by atoms with Gasteiger partial charge in [-0.1, -0.05) is 12.1 Å². The van der Waals surface area contributed by atoms with Crippen LogP contribution in [0.25, 0.3) is 22.3 Å². The minimum Gasteiger partial charge on any atom is -0.496 e. The first kappa shape index (κ1) is 21.8. The maximum atomic E-state index is 13.8. The van der Waals surface area contributed by atoms with Gasteiger partial charge in [0.2, 0.25) is 0 Å². The second-order valence-corrected chi connectivity index (χ2v) is 8.55. The Bertz CT molecular complexity index is 1300. The third kappa shape index (κ3) is 4.06. The molecule has 0 saturated heterocycles. The number of rotatable bonds is 7. The van der Waals surface area contributed by atoms with Crippen LogP contribution in [0.15, 0.2) is 47.1 Å². The number of aryl methyl sites for hydroxylation is 2. The van der Waals surface area contributed by atoms with Gasteiger partial charge in [0.15, 0.2) is 5.78 Å². The fourth-order valence-corrected chi connectivity index (χ4v) is 3.85. The van der Waals surface area contributed by atoms with E-state index in [1.807, 2.05) is 76.1 Å². The van der Waals surface area contributed by atoms with Crippen LogP contribution in [0.2, 0.25) is 0 Å². The number of nitrogens with zero attached hydrogens (tertiary/aromatic N) is 3. The molecule has 2 aromatic carbocycles. The predicted molar refractivity (Wildman–Crippen MR) is 127 cm³/mol. The normalized spacial score (nSPS) is 11.5. The van der Waals surface area contributed by atoms with Gasteiger partial charge in [0, 0.05) is 23.7 Å². The minimum atomic E-state index is -0.0926. The molecular weight excluding hydrogens is 402 g/mol. The Morgan fingerprint density at radius 3 is 2.66 bits per heavy atom. The number of carbonyl (C=O) groups is 1. The van der Waals surface area contributed by atoms with E-state index in [2.05, 4.69) is 10.00 Å². The highest BCUT2D eigenvalue weighted by Gasteiger charge is 2.25. The smallest absolute Gasteiger partial charge is 0.197 e. The van der Waals surface area contributed by atoms with Crippen molar-refractivity contribution < 1.29 is 13.9 Å². The molecule has 0 spiro atoms. The largest absolute Gasteiger partial charge is 0.496 e. The topological polar surface area (TPSA) is 60.5 Å². The van der Waals surface area contributed by atoms with E-state index in [0.717, 1.165) is 40.7 Å². The molecule has 4 rings (SSSR count). The van der Waals surface area contributed by atoms with Crippen molar-refractivity contribution in [2.75, 3.05) is 27.7 Å². The molecule has 4 aromatic rings. The van der Waals surface area contributed by atoms with Crippen molar-refractivity contribution in [3.8, 4) is 17.1 Å². The van der Waals surface area contributed by atoms with Crippen molar-refractivity contribution in [2.24, 2.45) is 0 Å². The van der Waals surface area contributed by atoms with Crippen LogP contribution < -0.4 is 4.74 Å². The molecule has 0 radical (unpaired) electrons. The number of hydrogen-bond donors (Lipinski definition) is 0. The monoisotopic (exact) mass is 431 g/mol. The first-order chi connectivity index (χ1) is 15.3. The van der Waals surface area contributed by atoms with Crippen LogP contribution in [-0.2, 0) is 6.54 Å². The molecule has 0 N–H and O–H groups in total. The number of aromatic nitrogens is 2. The van der Waals surface area contributed by atoms with E-state index in [0.29, 0.717) is 28.2 Å². The number of ketones is 1. The van der Waals surface area contributed by atoms with Gasteiger partial charge < -0.3 is 14.1 Å². The highest BCUT2D eigenvalue weighted by molar-refractivity contribution is 6.19. The second-order valence-electron chi connectivity index (χ2n) is 8.55. The maximum Gasteiger partial charge on any atom is 0.197 e. The van der Waals surface area contributed by atoms with E-state index in [9.17, 15) is 4.79 Å². The molecule has 0 unspecified atom stereocenters. The highest BCUT2D eigenvalue weighted by atomic mass is 16.5. The van der Waals surface area contributed by atoms with Crippen LogP contribution >= 0.6 is 0 Å². The third-order valence-corrected chi connectivity index (χ3v) is 5.85. The van der Waals surface area contributed by atoms with E-state index in [1.165, 1.54) is 0 Å². The summed E-state index contributed by atoms with van der Waals surface area (Å²) in [7, 11) is 5.68. The Hall–Kier alpha value is -3.38. The van der Waals surface area contributed by atoms with Crippen LogP contribution in [0.5, 0.6) is 5.75 Å². The van der Waals surface area contributed by atoms with Gasteiger partial charge in [0.05, 0.1) is 31.0 Å². The summed E-state index contributed by atoms with van der Waals surface area (Å²) >= 11 is 0. The van der Waals surface area contributed by atoms with Gasteiger partial charge in [0.1, 0.15) is 17.1 Å². The van der Waals surface area contributed by atoms with Gasteiger partial charge in [-0.3, -0.25) is 9.48 Å². The summed E-state index contributed by atoms with van der Waals surface area (Å²) in [4.78, 5) is 15.9. The fourth-order valence-electron chi connectivity index (χ4n) is 3.85. The van der Waals surface area contributed by atoms with Crippen molar-refractivity contribution in [2.45, 2.75) is 27.3 Å². The zero-order valence-corrected chi connectivity index (χ0v) is 19.5. The van der Waals surface area contributed by atoms with Gasteiger partial charge in [-0.15, -0.1) is 0 Å². The highest BCUT2D eigenvalue weighted by Crippen LogP contribution is 2.36. The SMILES string of the molecule is COc1cc(C(=O)c2c(-c3cnn(CCN(C)C)c3)oc3cc(C)ccc23)cc(C)c1C. The molecule has 0 fully saturated rings. The van der Waals surface area contributed by atoms with Crippen LogP contribution in [0, 0.1) is 20.8 Å². The van der Waals surface area contributed by atoms with Crippen molar-refractivity contribution in [3.05, 3.63) is 70.5 Å². The van der Waals surface area contributed by atoms with E-state index < -0.39 is 0 Å². The summed E-state index contributed by atoms with van der Waals surface area (Å²) in [6.45, 7) is 7.61. The third-order valence-electron chi connectivity index (χ3n) is 5.85. The Balaban J connectivity index is 1.85. The van der Waals surface area contributed by atoms with Crippen molar-refractivity contribution in [1.29, 1.82) is 0 Å². The van der Waals surface area contributed by atoms with Crippen LogP contribution in [-0.4, -0.2) is 48.2 Å². The first-order valence-corrected chi connectivity index (χ1v) is 10.7. The average Bonchev–Trinajstić information content (AvgIpc) is 3.37. The minimum absolute atomic E-state index is 0.0926. The fraction of sp³-hybridized carbons (Fsp3) is 0.308. The van der Waals surface area contributed by atoms with E-state index in [1.54, 1.807) is 13.3 Å². The lowest BCUT2D eigenvalue weighted by atomic mass is 9.95. The quantitative estimate of drug-likeness (QED) is 0.385. The lowest BCUT2D eigenvalue weighted by Gasteiger charge is -2.11. The first-order valence-electron chi connectivity index (χ1n) is 10.7. The van der Waals surface area contributed by atoms with Crippen molar-refractivity contribution in [1.82, 2.24) is 14.7 Å². The summed E-state index contributed by atoms with van der Waals surface area (Å²) < 4.78 is 13.6. The lowest BCUT2D eigenvalue weighted by Crippen LogP contribution is -2.18. The van der Waals surface area contributed by atoms with Gasteiger partial charge in [-0.25, -0.2) is 0 Å². The number of methoxy groups -OCH3 is 1. The number of carbonyl (C=O) groups excluding carboxylic acids is 1. The lowest BCUT2D eigenvalue weighted by molar-refractivity contribution is 0.104. The average molecular weight is 432 g/mol. The van der Waals surface area contributed by atoms with Gasteiger partial charge >= 0.3 is 0 Å². The summed E-state index contributed by atoms with van der Waals surface area (Å²) in [5.41, 5.74) is 5.73. The van der Waals surface area contributed by atoms with E-state index in [4.69, 9.17) is 9.15 Å². The zero-order valence-electron chi connectivity index (χ0n) is 19.5. The molecule has 0 aliphatic carbocycles. The second kappa shape index (κ2) is 8.63. The van der Waals surface area contributed by atoms with Gasteiger partial charge in [0.25, 0.3) is 0 Å². The number of benzene rings is 2. The van der Waals surface area contributed by atoms with Crippen LogP contribution in [0.3, 0.4) is 0 Å². The summed E-state index contributed by atoms with van der Waals surface area (Å²) in [5, 5.41) is 5.28. The van der Waals surface area contributed by atoms with Gasteiger partial charge in [-0.05, 0) is 69.8 Å². The summed E-state index contributed by atoms with van der Waals surface area (Å²) in [6.07, 6.45) is 3.70. The molecule has 2 aromatic heterocycles. The maximum absolute atomic E-state index is 13.8. The molecule has 0 bridgehead atoms. The Morgan fingerprint density at radius 1 is 1.16 bits per heavy atom. The molecule has 166 valence electrons.